The summed E-state index contributed by atoms with van der Waals surface area (Å²) in [5.41, 5.74) is 3.97. The third-order valence-corrected chi connectivity index (χ3v) is 2.20. The topological polar surface area (TPSA) is 122 Å². The molecule has 0 radical (unpaired) electrons. The van der Waals surface area contributed by atoms with Crippen LogP contribution in [-0.4, -0.2) is 41.5 Å². The summed E-state index contributed by atoms with van der Waals surface area (Å²) in [6, 6.07) is -1.29. The highest BCUT2D eigenvalue weighted by Crippen LogP contribution is 2.02. The molecule has 0 fully saturated rings. The number of primary amides is 1. The molecule has 0 unspecified atom stereocenters. The van der Waals surface area contributed by atoms with Gasteiger partial charge in [0.25, 0.3) is 0 Å². The van der Waals surface area contributed by atoms with E-state index in [0.29, 0.717) is 0 Å². The molecule has 0 saturated carbocycles. The van der Waals surface area contributed by atoms with Crippen LogP contribution in [0, 0.1) is 0 Å². The first kappa shape index (κ1) is 14.4. The second kappa shape index (κ2) is 5.45. The molecule has 0 bridgehead atoms. The summed E-state index contributed by atoms with van der Waals surface area (Å²) in [7, 11) is 1.57. The van der Waals surface area contributed by atoms with E-state index in [1.54, 1.807) is 20.9 Å². The minimum atomic E-state index is -1.29. The second-order valence-electron chi connectivity index (χ2n) is 3.91. The van der Waals surface area contributed by atoms with Gasteiger partial charge < -0.3 is 21.5 Å². The van der Waals surface area contributed by atoms with Gasteiger partial charge in [-0.3, -0.25) is 9.59 Å². The molecule has 0 aliphatic rings. The van der Waals surface area contributed by atoms with Crippen molar-refractivity contribution in [3.8, 4) is 0 Å². The summed E-state index contributed by atoms with van der Waals surface area (Å²) in [6.07, 6.45) is -0.430. The molecule has 2 amide bonds. The summed E-state index contributed by atoms with van der Waals surface area (Å²) in [6.45, 7) is 3.18. The maximum Gasteiger partial charge on any atom is 0.326 e. The quantitative estimate of drug-likeness (QED) is 0.440. The van der Waals surface area contributed by atoms with Gasteiger partial charge in [0.15, 0.2) is 0 Å². The summed E-state index contributed by atoms with van der Waals surface area (Å²) in [5.74, 6) is -2.59. The highest BCUT2D eigenvalue weighted by Gasteiger charge is 2.30. The molecule has 16 heavy (non-hydrogen) atoms. The van der Waals surface area contributed by atoms with Crippen molar-refractivity contribution in [2.45, 2.75) is 31.8 Å². The molecule has 0 heterocycles. The number of amides is 2. The molecule has 7 heteroatoms. The van der Waals surface area contributed by atoms with E-state index in [-0.39, 0.29) is 0 Å². The Hall–Kier alpha value is -1.63. The van der Waals surface area contributed by atoms with E-state index in [0.717, 1.165) is 0 Å². The SMILES string of the molecule is CNC(C)(C)C(=O)N[C@H](CC(N)=O)C(=O)O. The van der Waals surface area contributed by atoms with Crippen molar-refractivity contribution in [2.75, 3.05) is 7.05 Å². The van der Waals surface area contributed by atoms with Crippen molar-refractivity contribution >= 4 is 17.8 Å². The van der Waals surface area contributed by atoms with Gasteiger partial charge in [-0.2, -0.15) is 0 Å². The fourth-order valence-electron chi connectivity index (χ4n) is 0.853. The predicted molar refractivity (Wildman–Crippen MR) is 56.5 cm³/mol. The maximum absolute atomic E-state index is 11.6. The van der Waals surface area contributed by atoms with Crippen LogP contribution in [0.25, 0.3) is 0 Å². The Morgan fingerprint density at radius 1 is 1.38 bits per heavy atom. The number of hydrogen-bond donors (Lipinski definition) is 4. The molecule has 92 valence electrons. The molecule has 0 saturated heterocycles. The monoisotopic (exact) mass is 231 g/mol. The maximum atomic E-state index is 11.6. The lowest BCUT2D eigenvalue weighted by Gasteiger charge is -2.24. The summed E-state index contributed by atoms with van der Waals surface area (Å²) in [4.78, 5) is 33.0. The average molecular weight is 231 g/mol. The van der Waals surface area contributed by atoms with Crippen molar-refractivity contribution in [3.05, 3.63) is 0 Å². The Labute approximate surface area is 93.4 Å². The van der Waals surface area contributed by atoms with Gasteiger partial charge in [0.05, 0.1) is 12.0 Å². The van der Waals surface area contributed by atoms with Crippen LogP contribution in [-0.2, 0) is 14.4 Å². The van der Waals surface area contributed by atoms with Gasteiger partial charge in [-0.25, -0.2) is 4.79 Å². The lowest BCUT2D eigenvalue weighted by molar-refractivity contribution is -0.144. The van der Waals surface area contributed by atoms with Crippen molar-refractivity contribution in [2.24, 2.45) is 5.73 Å². The minimum Gasteiger partial charge on any atom is -0.480 e. The zero-order valence-electron chi connectivity index (χ0n) is 9.53. The van der Waals surface area contributed by atoms with Crippen molar-refractivity contribution in [1.29, 1.82) is 0 Å². The third kappa shape index (κ3) is 4.26. The van der Waals surface area contributed by atoms with Gasteiger partial charge in [0.1, 0.15) is 6.04 Å². The Morgan fingerprint density at radius 3 is 2.19 bits per heavy atom. The fraction of sp³-hybridized carbons (Fsp3) is 0.667. The predicted octanol–water partition coefficient (Wildman–Crippen LogP) is -1.57. The molecule has 1 atom stereocenters. The number of aliphatic carboxylic acids is 1. The molecule has 5 N–H and O–H groups in total. The standard InChI is InChI=1S/C9H17N3O4/c1-9(2,11-3)8(16)12-5(7(14)15)4-6(10)13/h5,11H,4H2,1-3H3,(H2,10,13)(H,12,16)(H,14,15)/t5-/m1/s1. The fourth-order valence-corrected chi connectivity index (χ4v) is 0.853. The molecule has 0 spiro atoms. The number of hydrogen-bond acceptors (Lipinski definition) is 4. The van der Waals surface area contributed by atoms with Gasteiger partial charge in [-0.1, -0.05) is 0 Å². The van der Waals surface area contributed by atoms with E-state index in [1.165, 1.54) is 0 Å². The Morgan fingerprint density at radius 2 is 1.88 bits per heavy atom. The number of carbonyl (C=O) groups is 3. The normalized spacial score (nSPS) is 12.9. The van der Waals surface area contributed by atoms with Gasteiger partial charge >= 0.3 is 5.97 Å². The van der Waals surface area contributed by atoms with Crippen LogP contribution >= 0.6 is 0 Å². The molecular weight excluding hydrogens is 214 g/mol. The summed E-state index contributed by atoms with van der Waals surface area (Å²) >= 11 is 0. The molecule has 7 nitrogen and oxygen atoms in total. The largest absolute Gasteiger partial charge is 0.480 e. The van der Waals surface area contributed by atoms with E-state index in [2.05, 4.69) is 10.6 Å². The van der Waals surface area contributed by atoms with E-state index < -0.39 is 35.8 Å². The van der Waals surface area contributed by atoms with Crippen LogP contribution < -0.4 is 16.4 Å². The summed E-state index contributed by atoms with van der Waals surface area (Å²) in [5, 5.41) is 13.7. The number of carboxylic acid groups (broad SMARTS) is 1. The number of carboxylic acids is 1. The Bertz CT molecular complexity index is 301. The Kier molecular flexibility index (Phi) is 4.90. The van der Waals surface area contributed by atoms with Crippen LogP contribution in [0.1, 0.15) is 20.3 Å². The second-order valence-corrected chi connectivity index (χ2v) is 3.91. The number of rotatable bonds is 6. The van der Waals surface area contributed by atoms with Crippen molar-refractivity contribution < 1.29 is 19.5 Å². The molecule has 0 aromatic carbocycles. The first-order valence-corrected chi connectivity index (χ1v) is 4.71. The Balaban J connectivity index is 4.58. The van der Waals surface area contributed by atoms with E-state index in [4.69, 9.17) is 10.8 Å². The van der Waals surface area contributed by atoms with Gasteiger partial charge in [0.2, 0.25) is 11.8 Å². The lowest BCUT2D eigenvalue weighted by atomic mass is 10.0. The molecule has 0 aliphatic heterocycles. The van der Waals surface area contributed by atoms with Crippen molar-refractivity contribution in [1.82, 2.24) is 10.6 Å². The van der Waals surface area contributed by atoms with Crippen LogP contribution in [0.4, 0.5) is 0 Å². The van der Waals surface area contributed by atoms with Crippen LogP contribution in [0.5, 0.6) is 0 Å². The zero-order chi connectivity index (χ0) is 12.9. The molecule has 0 rings (SSSR count). The highest BCUT2D eigenvalue weighted by molar-refractivity contribution is 5.91. The van der Waals surface area contributed by atoms with E-state index >= 15 is 0 Å². The van der Waals surface area contributed by atoms with Crippen LogP contribution in [0.3, 0.4) is 0 Å². The van der Waals surface area contributed by atoms with Gasteiger partial charge in [-0.05, 0) is 20.9 Å². The highest BCUT2D eigenvalue weighted by atomic mass is 16.4. The smallest absolute Gasteiger partial charge is 0.326 e. The average Bonchev–Trinajstić information content (AvgIpc) is 2.15. The molecular formula is C9H17N3O4. The minimum absolute atomic E-state index is 0.430. The summed E-state index contributed by atoms with van der Waals surface area (Å²) < 4.78 is 0. The van der Waals surface area contributed by atoms with E-state index in [9.17, 15) is 14.4 Å². The van der Waals surface area contributed by atoms with E-state index in [1.807, 2.05) is 0 Å². The number of carbonyl (C=O) groups excluding carboxylic acids is 2. The molecule has 0 aromatic rings. The first-order chi connectivity index (χ1) is 7.20. The van der Waals surface area contributed by atoms with Gasteiger partial charge in [0, 0.05) is 0 Å². The van der Waals surface area contributed by atoms with Crippen LogP contribution in [0.2, 0.25) is 0 Å². The zero-order valence-corrected chi connectivity index (χ0v) is 9.53. The molecule has 0 aromatic heterocycles. The van der Waals surface area contributed by atoms with Crippen molar-refractivity contribution in [3.63, 3.8) is 0 Å². The molecule has 0 aliphatic carbocycles. The number of nitrogens with two attached hydrogens (primary N) is 1. The lowest BCUT2D eigenvalue weighted by Crippen LogP contribution is -2.55. The first-order valence-electron chi connectivity index (χ1n) is 4.71. The number of nitrogens with one attached hydrogen (secondary N) is 2. The number of likely N-dealkylation sites (N-methyl/N-ethyl adjacent to an activating group) is 1. The third-order valence-electron chi connectivity index (χ3n) is 2.20. The van der Waals surface area contributed by atoms with Gasteiger partial charge in [-0.15, -0.1) is 0 Å². The van der Waals surface area contributed by atoms with Crippen LogP contribution in [0.15, 0.2) is 0 Å².